The summed E-state index contributed by atoms with van der Waals surface area (Å²) in [6.45, 7) is 0. The van der Waals surface area contributed by atoms with Crippen molar-refractivity contribution in [3.63, 3.8) is 0 Å². The van der Waals surface area contributed by atoms with Crippen LogP contribution in [0.3, 0.4) is 0 Å². The SMILES string of the molecule is O.O.[AlH3].[Li].[Mn]. The minimum Gasteiger partial charge on any atom is -0.412 e. The Morgan fingerprint density at radius 1 is 0.800 bits per heavy atom. The van der Waals surface area contributed by atoms with Gasteiger partial charge in [0.15, 0.2) is 17.4 Å². The van der Waals surface area contributed by atoms with Gasteiger partial charge in [0.1, 0.15) is 0 Å². The van der Waals surface area contributed by atoms with Crippen molar-refractivity contribution in [1.29, 1.82) is 0 Å². The van der Waals surface area contributed by atoms with E-state index >= 15 is 0 Å². The Morgan fingerprint density at radius 2 is 0.800 bits per heavy atom. The van der Waals surface area contributed by atoms with E-state index in [1.165, 1.54) is 0 Å². The molecule has 0 spiro atoms. The quantitative estimate of drug-likeness (QED) is 0.308. The van der Waals surface area contributed by atoms with E-state index in [0.717, 1.165) is 0 Å². The fourth-order valence-electron chi connectivity index (χ4n) is 0. The van der Waals surface area contributed by atoms with E-state index in [2.05, 4.69) is 0 Å². The summed E-state index contributed by atoms with van der Waals surface area (Å²) in [6, 6.07) is 0. The van der Waals surface area contributed by atoms with Gasteiger partial charge in [-0.1, -0.05) is 0 Å². The molecule has 2 radical (unpaired) electrons. The van der Waals surface area contributed by atoms with Gasteiger partial charge in [-0.25, -0.2) is 0 Å². The first-order valence-corrected chi connectivity index (χ1v) is 0. The van der Waals surface area contributed by atoms with Crippen molar-refractivity contribution >= 4 is 36.2 Å². The zero-order chi connectivity index (χ0) is 0. The van der Waals surface area contributed by atoms with E-state index in [1.54, 1.807) is 0 Å². The summed E-state index contributed by atoms with van der Waals surface area (Å²) in [5.41, 5.74) is 0. The molecule has 0 atom stereocenters. The van der Waals surface area contributed by atoms with Gasteiger partial charge in [-0.2, -0.15) is 0 Å². The van der Waals surface area contributed by atoms with Crippen LogP contribution in [0.5, 0.6) is 0 Å². The predicted octanol–water partition coefficient (Wildman–Crippen LogP) is -3.22. The maximum Gasteiger partial charge on any atom is 0.187 e. The standard InChI is InChI=1S/Al.Li.Mn.2H2O.3H/h;;;2*1H2;;;. The van der Waals surface area contributed by atoms with E-state index in [-0.39, 0.29) is 64.2 Å². The molecule has 0 aromatic heterocycles. The Bertz CT molecular complexity index is 9.61. The van der Waals surface area contributed by atoms with Crippen LogP contribution >= 0.6 is 0 Å². The van der Waals surface area contributed by atoms with Crippen LogP contribution in [0.25, 0.3) is 0 Å². The molecular weight excluding hydrogens is 121 g/mol. The van der Waals surface area contributed by atoms with Gasteiger partial charge in [0, 0.05) is 35.9 Å². The minimum atomic E-state index is 0. The topological polar surface area (TPSA) is 63.0 Å². The van der Waals surface area contributed by atoms with E-state index < -0.39 is 0 Å². The fourth-order valence-corrected chi connectivity index (χ4v) is 0. The molecule has 0 aromatic carbocycles. The van der Waals surface area contributed by atoms with Crippen molar-refractivity contribution < 1.29 is 28.0 Å². The summed E-state index contributed by atoms with van der Waals surface area (Å²) in [6.07, 6.45) is 0. The fraction of sp³-hybridized carbons (Fsp3) is 0. The molecule has 0 aromatic rings. The molecule has 0 bridgehead atoms. The van der Waals surface area contributed by atoms with Crippen LogP contribution in [0.2, 0.25) is 0 Å². The molecule has 0 aliphatic heterocycles. The summed E-state index contributed by atoms with van der Waals surface area (Å²) in [5, 5.41) is 0. The molecule has 0 aliphatic carbocycles. The molecule has 5 heteroatoms. The van der Waals surface area contributed by atoms with Gasteiger partial charge in [0.05, 0.1) is 0 Å². The van der Waals surface area contributed by atoms with Crippen LogP contribution in [0.4, 0.5) is 0 Å². The molecule has 5 heavy (non-hydrogen) atoms. The average molecular weight is 128 g/mol. The van der Waals surface area contributed by atoms with E-state index in [0.29, 0.717) is 0 Å². The monoisotopic (exact) mass is 128 g/mol. The van der Waals surface area contributed by atoms with Crippen LogP contribution in [0.1, 0.15) is 0 Å². The first-order valence-electron chi connectivity index (χ1n) is 0. The Kier molecular flexibility index (Phi) is 781. The maximum atomic E-state index is 0. The third-order valence-corrected chi connectivity index (χ3v) is 0. The molecule has 0 heterocycles. The molecule has 0 saturated heterocycles. The van der Waals surface area contributed by atoms with E-state index in [4.69, 9.17) is 0 Å². The van der Waals surface area contributed by atoms with E-state index in [1.807, 2.05) is 0 Å². The Balaban J connectivity index is 0. The van der Waals surface area contributed by atoms with E-state index in [9.17, 15) is 0 Å². The predicted molar refractivity (Wildman–Crippen MR) is 22.9 cm³/mol. The molecular formula is H7AlLiMnO2. The van der Waals surface area contributed by atoms with Gasteiger partial charge in [0.25, 0.3) is 0 Å². The van der Waals surface area contributed by atoms with Gasteiger partial charge in [-0.3, -0.25) is 0 Å². The van der Waals surface area contributed by atoms with Crippen LogP contribution in [-0.4, -0.2) is 47.2 Å². The Hall–Kier alpha value is 1.57. The zero-order valence-electron chi connectivity index (χ0n) is 2.38. The zero-order valence-corrected chi connectivity index (χ0v) is 3.56. The molecule has 4 N–H and O–H groups in total. The second-order valence-electron chi connectivity index (χ2n) is 0. The van der Waals surface area contributed by atoms with Gasteiger partial charge >= 0.3 is 0 Å². The van der Waals surface area contributed by atoms with Crippen molar-refractivity contribution in [2.24, 2.45) is 0 Å². The Morgan fingerprint density at radius 3 is 0.800 bits per heavy atom. The average Bonchev–Trinajstić information content (AvgIpc) is 0. The van der Waals surface area contributed by atoms with Gasteiger partial charge in [-0.05, 0) is 0 Å². The summed E-state index contributed by atoms with van der Waals surface area (Å²) in [5.74, 6) is 0. The third kappa shape index (κ3) is 28.8. The first kappa shape index (κ1) is 82.7. The number of hydrogen-bond acceptors (Lipinski definition) is 0. The van der Waals surface area contributed by atoms with Crippen LogP contribution in [-0.2, 0) is 17.1 Å². The summed E-state index contributed by atoms with van der Waals surface area (Å²) >= 11 is 0. The van der Waals surface area contributed by atoms with Gasteiger partial charge in [0.2, 0.25) is 0 Å². The van der Waals surface area contributed by atoms with Crippen molar-refractivity contribution in [2.75, 3.05) is 0 Å². The van der Waals surface area contributed by atoms with Crippen molar-refractivity contribution in [3.05, 3.63) is 0 Å². The maximum absolute atomic E-state index is 0. The van der Waals surface area contributed by atoms with Crippen LogP contribution < -0.4 is 0 Å². The summed E-state index contributed by atoms with van der Waals surface area (Å²) in [4.78, 5) is 0. The summed E-state index contributed by atoms with van der Waals surface area (Å²) in [7, 11) is 0. The number of rotatable bonds is 0. The normalized spacial score (nSPS) is 0. The molecule has 0 unspecified atom stereocenters. The van der Waals surface area contributed by atoms with Gasteiger partial charge < -0.3 is 11.0 Å². The molecule has 0 aliphatic rings. The Labute approximate surface area is 64.1 Å². The third-order valence-electron chi connectivity index (χ3n) is 0. The minimum absolute atomic E-state index is 0. The number of hydrogen-bond donors (Lipinski definition) is 0. The second-order valence-corrected chi connectivity index (χ2v) is 0. The van der Waals surface area contributed by atoms with Crippen LogP contribution in [0, 0.1) is 0 Å². The molecule has 0 amide bonds. The van der Waals surface area contributed by atoms with Gasteiger partial charge in [-0.15, -0.1) is 0 Å². The molecule has 30 valence electrons. The van der Waals surface area contributed by atoms with Crippen molar-refractivity contribution in [3.8, 4) is 0 Å². The molecule has 2 nitrogen and oxygen atoms in total. The molecule has 0 fully saturated rings. The van der Waals surface area contributed by atoms with Crippen molar-refractivity contribution in [2.45, 2.75) is 0 Å². The van der Waals surface area contributed by atoms with Crippen LogP contribution in [0.15, 0.2) is 0 Å². The first-order chi connectivity index (χ1) is 0. The largest absolute Gasteiger partial charge is 0.412 e. The molecule has 0 saturated carbocycles. The smallest absolute Gasteiger partial charge is 0.187 e. The summed E-state index contributed by atoms with van der Waals surface area (Å²) < 4.78 is 0. The second kappa shape index (κ2) is 47.2. The molecule has 0 rings (SSSR count). The van der Waals surface area contributed by atoms with Crippen molar-refractivity contribution in [1.82, 2.24) is 0 Å².